The Hall–Kier alpha value is -2.52. The standard InChI is InChI=1S/C17H14N4O3S2/c22-14-8-10(18-16-21(14)11-4-1-2-5-12(11)26-16)9-20-17(23)24-15(19-20)13-6-3-7-25-13/h3,6-8H,1-2,4-5,9H2. The third kappa shape index (κ3) is 2.55. The van der Waals surface area contributed by atoms with E-state index in [2.05, 4.69) is 10.1 Å². The molecular formula is C17H14N4O3S2. The van der Waals surface area contributed by atoms with Crippen molar-refractivity contribution in [1.29, 1.82) is 0 Å². The maximum absolute atomic E-state index is 12.6. The van der Waals surface area contributed by atoms with E-state index in [0.717, 1.165) is 36.3 Å². The van der Waals surface area contributed by atoms with Gasteiger partial charge in [-0.25, -0.2) is 9.78 Å². The van der Waals surface area contributed by atoms with Crippen molar-refractivity contribution < 1.29 is 4.42 Å². The molecule has 0 aromatic carbocycles. The Kier molecular flexibility index (Phi) is 3.64. The number of fused-ring (bicyclic) bond motifs is 3. The second kappa shape index (κ2) is 6.03. The molecule has 0 unspecified atom stereocenters. The number of hydrogen-bond donors (Lipinski definition) is 0. The lowest BCUT2D eigenvalue weighted by molar-refractivity contribution is 0.494. The molecule has 7 nitrogen and oxygen atoms in total. The van der Waals surface area contributed by atoms with Gasteiger partial charge in [-0.1, -0.05) is 6.07 Å². The highest BCUT2D eigenvalue weighted by molar-refractivity contribution is 7.17. The highest BCUT2D eigenvalue weighted by atomic mass is 32.1. The molecule has 0 radical (unpaired) electrons. The van der Waals surface area contributed by atoms with E-state index in [4.69, 9.17) is 4.42 Å². The summed E-state index contributed by atoms with van der Waals surface area (Å²) >= 11 is 3.02. The SMILES string of the molecule is O=c1oc(-c2cccs2)nn1Cc1cc(=O)n2c3c(sc2n1)CCCC3. The summed E-state index contributed by atoms with van der Waals surface area (Å²) < 4.78 is 8.14. The number of nitrogens with zero attached hydrogens (tertiary/aromatic N) is 4. The van der Waals surface area contributed by atoms with Crippen LogP contribution in [0.15, 0.2) is 37.6 Å². The van der Waals surface area contributed by atoms with Gasteiger partial charge in [0.1, 0.15) is 0 Å². The van der Waals surface area contributed by atoms with Crippen molar-refractivity contribution in [2.75, 3.05) is 0 Å². The molecule has 0 saturated heterocycles. The van der Waals surface area contributed by atoms with Gasteiger partial charge >= 0.3 is 5.76 Å². The van der Waals surface area contributed by atoms with Crippen molar-refractivity contribution in [3.63, 3.8) is 0 Å². The van der Waals surface area contributed by atoms with E-state index in [1.165, 1.54) is 27.0 Å². The fourth-order valence-corrected chi connectivity index (χ4v) is 5.16. The number of thiazole rings is 1. The van der Waals surface area contributed by atoms with Gasteiger partial charge in [0.05, 0.1) is 17.1 Å². The van der Waals surface area contributed by atoms with Crippen molar-refractivity contribution in [2.45, 2.75) is 32.2 Å². The summed E-state index contributed by atoms with van der Waals surface area (Å²) in [7, 11) is 0. The largest absolute Gasteiger partial charge is 0.437 e. The van der Waals surface area contributed by atoms with Crippen LogP contribution in [0, 0.1) is 0 Å². The zero-order chi connectivity index (χ0) is 17.7. The van der Waals surface area contributed by atoms with Crippen LogP contribution in [-0.4, -0.2) is 19.2 Å². The Morgan fingerprint density at radius 1 is 1.23 bits per heavy atom. The van der Waals surface area contributed by atoms with Gasteiger partial charge in [0.15, 0.2) is 4.96 Å². The summed E-state index contributed by atoms with van der Waals surface area (Å²) in [5.41, 5.74) is 1.51. The molecule has 0 N–H and O–H groups in total. The van der Waals surface area contributed by atoms with Crippen molar-refractivity contribution in [2.24, 2.45) is 0 Å². The minimum atomic E-state index is -0.555. The third-order valence-electron chi connectivity index (χ3n) is 4.46. The van der Waals surface area contributed by atoms with Gasteiger partial charge < -0.3 is 4.42 Å². The molecule has 0 aliphatic heterocycles. The van der Waals surface area contributed by atoms with Gasteiger partial charge in [-0.15, -0.1) is 27.8 Å². The Bertz CT molecular complexity index is 1210. The van der Waals surface area contributed by atoms with Crippen LogP contribution in [0.3, 0.4) is 0 Å². The van der Waals surface area contributed by atoms with Crippen LogP contribution in [-0.2, 0) is 19.4 Å². The number of rotatable bonds is 3. The first-order valence-corrected chi connectivity index (χ1v) is 10.0. The van der Waals surface area contributed by atoms with Crippen LogP contribution < -0.4 is 11.3 Å². The van der Waals surface area contributed by atoms with E-state index >= 15 is 0 Å². The zero-order valence-electron chi connectivity index (χ0n) is 13.7. The molecule has 0 bridgehead atoms. The first-order valence-electron chi connectivity index (χ1n) is 8.34. The number of aromatic nitrogens is 4. The highest BCUT2D eigenvalue weighted by Crippen LogP contribution is 2.28. The molecule has 0 atom stereocenters. The lowest BCUT2D eigenvalue weighted by atomic mass is 10.0. The molecule has 1 aliphatic carbocycles. The molecule has 132 valence electrons. The number of thiophene rings is 1. The van der Waals surface area contributed by atoms with Crippen LogP contribution in [0.25, 0.3) is 15.7 Å². The average Bonchev–Trinajstić information content (AvgIpc) is 3.33. The second-order valence-corrected chi connectivity index (χ2v) is 8.20. The fraction of sp³-hybridized carbons (Fsp3) is 0.294. The summed E-state index contributed by atoms with van der Waals surface area (Å²) in [5, 5.41) is 6.12. The molecule has 0 spiro atoms. The highest BCUT2D eigenvalue weighted by Gasteiger charge is 2.19. The quantitative estimate of drug-likeness (QED) is 0.540. The lowest BCUT2D eigenvalue weighted by Crippen LogP contribution is -2.21. The predicted octanol–water partition coefficient (Wildman–Crippen LogP) is 2.56. The minimum absolute atomic E-state index is 0.0978. The van der Waals surface area contributed by atoms with E-state index in [0.29, 0.717) is 10.7 Å². The molecule has 4 aromatic rings. The van der Waals surface area contributed by atoms with E-state index in [-0.39, 0.29) is 18.0 Å². The van der Waals surface area contributed by atoms with Crippen LogP contribution in [0.4, 0.5) is 0 Å². The molecule has 0 fully saturated rings. The Balaban J connectivity index is 1.54. The summed E-state index contributed by atoms with van der Waals surface area (Å²) in [4.78, 5) is 32.0. The molecule has 5 rings (SSSR count). The predicted molar refractivity (Wildman–Crippen MR) is 99.2 cm³/mol. The van der Waals surface area contributed by atoms with Gasteiger partial charge in [0, 0.05) is 16.6 Å². The summed E-state index contributed by atoms with van der Waals surface area (Å²) in [5.74, 6) is -0.268. The van der Waals surface area contributed by atoms with Gasteiger partial charge in [-0.05, 0) is 37.1 Å². The van der Waals surface area contributed by atoms with Gasteiger partial charge in [-0.3, -0.25) is 9.20 Å². The molecule has 0 amide bonds. The minimum Gasteiger partial charge on any atom is -0.387 e. The van der Waals surface area contributed by atoms with E-state index in [1.807, 2.05) is 17.5 Å². The topological polar surface area (TPSA) is 82.4 Å². The average molecular weight is 386 g/mol. The van der Waals surface area contributed by atoms with Gasteiger partial charge in [0.25, 0.3) is 11.4 Å². The summed E-state index contributed by atoms with van der Waals surface area (Å²) in [6, 6.07) is 5.20. The molecular weight excluding hydrogens is 372 g/mol. The van der Waals surface area contributed by atoms with Crippen molar-refractivity contribution in [3.05, 3.63) is 60.7 Å². The van der Waals surface area contributed by atoms with Gasteiger partial charge in [0.2, 0.25) is 0 Å². The maximum atomic E-state index is 12.6. The third-order valence-corrected chi connectivity index (χ3v) is 6.47. The van der Waals surface area contributed by atoms with Crippen molar-refractivity contribution in [1.82, 2.24) is 19.2 Å². The Labute approximate surface area is 155 Å². The van der Waals surface area contributed by atoms with Crippen molar-refractivity contribution in [3.8, 4) is 10.8 Å². The fourth-order valence-electron chi connectivity index (χ4n) is 3.28. The zero-order valence-corrected chi connectivity index (χ0v) is 15.3. The number of aryl methyl sites for hydroxylation is 2. The molecule has 9 heteroatoms. The summed E-state index contributed by atoms with van der Waals surface area (Å²) in [6.07, 6.45) is 4.18. The first-order chi connectivity index (χ1) is 12.7. The first kappa shape index (κ1) is 15.7. The second-order valence-electron chi connectivity index (χ2n) is 6.19. The van der Waals surface area contributed by atoms with Crippen molar-refractivity contribution >= 4 is 27.6 Å². The monoisotopic (exact) mass is 386 g/mol. The van der Waals surface area contributed by atoms with E-state index in [9.17, 15) is 9.59 Å². The summed E-state index contributed by atoms with van der Waals surface area (Å²) in [6.45, 7) is 0.113. The molecule has 26 heavy (non-hydrogen) atoms. The molecule has 1 aliphatic rings. The van der Waals surface area contributed by atoms with Crippen LogP contribution >= 0.6 is 22.7 Å². The molecule has 0 saturated carbocycles. The van der Waals surface area contributed by atoms with Crippen LogP contribution in [0.2, 0.25) is 0 Å². The molecule has 4 aromatic heterocycles. The van der Waals surface area contributed by atoms with Gasteiger partial charge in [-0.2, -0.15) is 4.68 Å². The molecule has 4 heterocycles. The Morgan fingerprint density at radius 3 is 2.96 bits per heavy atom. The Morgan fingerprint density at radius 2 is 2.12 bits per heavy atom. The van der Waals surface area contributed by atoms with E-state index in [1.54, 1.807) is 15.7 Å². The van der Waals surface area contributed by atoms with E-state index < -0.39 is 5.76 Å². The smallest absolute Gasteiger partial charge is 0.387 e. The van der Waals surface area contributed by atoms with Crippen LogP contribution in [0.1, 0.15) is 29.1 Å². The number of hydrogen-bond acceptors (Lipinski definition) is 7. The normalized spacial score (nSPS) is 14.0. The van der Waals surface area contributed by atoms with Crippen LogP contribution in [0.5, 0.6) is 0 Å². The maximum Gasteiger partial charge on any atom is 0.437 e. The lowest BCUT2D eigenvalue weighted by Gasteiger charge is -2.10.